The Morgan fingerprint density at radius 1 is 1.50 bits per heavy atom. The fourth-order valence-corrected chi connectivity index (χ4v) is 2.55. The molecule has 1 aromatic rings. The quantitative estimate of drug-likeness (QED) is 0.786. The molecule has 1 aliphatic rings. The van der Waals surface area contributed by atoms with Crippen LogP contribution in [0.25, 0.3) is 0 Å². The summed E-state index contributed by atoms with van der Waals surface area (Å²) in [6.07, 6.45) is 0. The monoisotopic (exact) mass is 276 g/mol. The molecule has 0 radical (unpaired) electrons. The minimum Gasteiger partial charge on any atom is -0.508 e. The van der Waals surface area contributed by atoms with Crippen molar-refractivity contribution in [3.63, 3.8) is 0 Å². The van der Waals surface area contributed by atoms with Gasteiger partial charge in [-0.25, -0.2) is 0 Å². The van der Waals surface area contributed by atoms with Gasteiger partial charge in [-0.3, -0.25) is 4.79 Å². The van der Waals surface area contributed by atoms with E-state index in [9.17, 15) is 9.90 Å². The van der Waals surface area contributed by atoms with E-state index in [1.54, 1.807) is 12.1 Å². The molecule has 4 N–H and O–H groups in total. The SMILES string of the molecule is CCNC(=O)C1=C(N)Oc2cc(O)ccc2C1C(C)C. The smallest absolute Gasteiger partial charge is 0.253 e. The summed E-state index contributed by atoms with van der Waals surface area (Å²) >= 11 is 0. The van der Waals surface area contributed by atoms with Crippen molar-refractivity contribution in [1.82, 2.24) is 5.32 Å². The van der Waals surface area contributed by atoms with Gasteiger partial charge in [0.25, 0.3) is 5.91 Å². The normalized spacial score (nSPS) is 17.7. The molecule has 1 heterocycles. The Labute approximate surface area is 118 Å². The van der Waals surface area contributed by atoms with Crippen molar-refractivity contribution < 1.29 is 14.6 Å². The molecule has 2 rings (SSSR count). The number of rotatable bonds is 3. The average molecular weight is 276 g/mol. The van der Waals surface area contributed by atoms with Gasteiger partial charge in [-0.1, -0.05) is 19.9 Å². The van der Waals surface area contributed by atoms with Crippen molar-refractivity contribution in [2.45, 2.75) is 26.7 Å². The van der Waals surface area contributed by atoms with Crippen molar-refractivity contribution in [3.8, 4) is 11.5 Å². The highest BCUT2D eigenvalue weighted by molar-refractivity contribution is 5.96. The predicted octanol–water partition coefficient (Wildman–Crippen LogP) is 1.83. The molecule has 0 bridgehead atoms. The Kier molecular flexibility index (Phi) is 3.88. The zero-order valence-corrected chi connectivity index (χ0v) is 11.9. The lowest BCUT2D eigenvalue weighted by Gasteiger charge is -2.31. The highest BCUT2D eigenvalue weighted by atomic mass is 16.5. The number of phenolic OH excluding ortho intramolecular Hbond substituents is 1. The Morgan fingerprint density at radius 2 is 2.20 bits per heavy atom. The molecule has 0 saturated heterocycles. The molecule has 1 unspecified atom stereocenters. The number of nitrogens with one attached hydrogen (secondary N) is 1. The number of hydrogen-bond acceptors (Lipinski definition) is 4. The first kappa shape index (κ1) is 14.2. The molecule has 5 heteroatoms. The van der Waals surface area contributed by atoms with E-state index in [1.165, 1.54) is 6.07 Å². The van der Waals surface area contributed by atoms with Gasteiger partial charge in [0, 0.05) is 24.1 Å². The van der Waals surface area contributed by atoms with E-state index in [1.807, 2.05) is 20.8 Å². The summed E-state index contributed by atoms with van der Waals surface area (Å²) in [6.45, 7) is 6.44. The van der Waals surface area contributed by atoms with Gasteiger partial charge in [0.15, 0.2) is 5.88 Å². The first-order chi connectivity index (χ1) is 9.45. The van der Waals surface area contributed by atoms with E-state index in [2.05, 4.69) is 5.32 Å². The number of benzene rings is 1. The third-order valence-corrected chi connectivity index (χ3v) is 3.38. The molecule has 0 aliphatic carbocycles. The van der Waals surface area contributed by atoms with Gasteiger partial charge in [-0.15, -0.1) is 0 Å². The minimum atomic E-state index is -0.206. The van der Waals surface area contributed by atoms with Crippen molar-refractivity contribution in [3.05, 3.63) is 35.2 Å². The van der Waals surface area contributed by atoms with Crippen molar-refractivity contribution >= 4 is 5.91 Å². The van der Waals surface area contributed by atoms with Crippen LogP contribution in [-0.2, 0) is 4.79 Å². The van der Waals surface area contributed by atoms with Gasteiger partial charge in [-0.2, -0.15) is 0 Å². The van der Waals surface area contributed by atoms with Crippen LogP contribution in [-0.4, -0.2) is 17.6 Å². The van der Waals surface area contributed by atoms with Gasteiger partial charge in [-0.05, 0) is 18.9 Å². The van der Waals surface area contributed by atoms with Gasteiger partial charge in [0.05, 0.1) is 5.57 Å². The lowest BCUT2D eigenvalue weighted by molar-refractivity contribution is -0.118. The summed E-state index contributed by atoms with van der Waals surface area (Å²) in [5.74, 6) is 0.550. The minimum absolute atomic E-state index is 0.104. The average Bonchev–Trinajstić information content (AvgIpc) is 2.36. The number of ether oxygens (including phenoxy) is 1. The van der Waals surface area contributed by atoms with Crippen LogP contribution in [0.5, 0.6) is 11.5 Å². The Hall–Kier alpha value is -2.17. The molecule has 0 aromatic heterocycles. The molecule has 1 amide bonds. The number of carbonyl (C=O) groups excluding carboxylic acids is 1. The van der Waals surface area contributed by atoms with E-state index >= 15 is 0 Å². The van der Waals surface area contributed by atoms with Gasteiger partial charge in [0.1, 0.15) is 11.5 Å². The molecular weight excluding hydrogens is 256 g/mol. The third-order valence-electron chi connectivity index (χ3n) is 3.38. The lowest BCUT2D eigenvalue weighted by Crippen LogP contribution is -2.34. The van der Waals surface area contributed by atoms with Gasteiger partial charge >= 0.3 is 0 Å². The number of phenols is 1. The zero-order chi connectivity index (χ0) is 14.9. The van der Waals surface area contributed by atoms with Crippen LogP contribution in [0, 0.1) is 5.92 Å². The molecule has 5 nitrogen and oxygen atoms in total. The van der Waals surface area contributed by atoms with E-state index in [0.717, 1.165) is 5.56 Å². The van der Waals surface area contributed by atoms with Crippen LogP contribution in [0.1, 0.15) is 32.3 Å². The highest BCUT2D eigenvalue weighted by Gasteiger charge is 2.35. The first-order valence-electron chi connectivity index (χ1n) is 6.74. The van der Waals surface area contributed by atoms with Gasteiger partial charge in [0.2, 0.25) is 0 Å². The van der Waals surface area contributed by atoms with Crippen molar-refractivity contribution in [1.29, 1.82) is 0 Å². The molecule has 0 fully saturated rings. The molecule has 1 aromatic carbocycles. The number of amides is 1. The summed E-state index contributed by atoms with van der Waals surface area (Å²) in [5.41, 5.74) is 7.25. The van der Waals surface area contributed by atoms with Crippen LogP contribution in [0.15, 0.2) is 29.7 Å². The molecule has 108 valence electrons. The molecule has 0 saturated carbocycles. The Morgan fingerprint density at radius 3 is 2.80 bits per heavy atom. The van der Waals surface area contributed by atoms with E-state index in [-0.39, 0.29) is 29.4 Å². The summed E-state index contributed by atoms with van der Waals surface area (Å²) in [4.78, 5) is 12.2. The predicted molar refractivity (Wildman–Crippen MR) is 76.2 cm³/mol. The number of hydrogen-bond donors (Lipinski definition) is 3. The van der Waals surface area contributed by atoms with E-state index < -0.39 is 0 Å². The molecule has 1 atom stereocenters. The second kappa shape index (κ2) is 5.45. The molecular formula is C15H20N2O3. The fraction of sp³-hybridized carbons (Fsp3) is 0.400. The first-order valence-corrected chi connectivity index (χ1v) is 6.74. The standard InChI is InChI=1S/C15H20N2O3/c1-4-17-15(19)13-12(8(2)3)10-6-5-9(18)7-11(10)20-14(13)16/h5-8,12,18H,4,16H2,1-3H3,(H,17,19). The molecule has 1 aliphatic heterocycles. The number of likely N-dealkylation sites (N-methyl/N-ethyl adjacent to an activating group) is 1. The maximum Gasteiger partial charge on any atom is 0.253 e. The second-order valence-corrected chi connectivity index (χ2v) is 5.18. The summed E-state index contributed by atoms with van der Waals surface area (Å²) in [6, 6.07) is 4.89. The van der Waals surface area contributed by atoms with Gasteiger partial charge < -0.3 is 20.9 Å². The molecule has 20 heavy (non-hydrogen) atoms. The highest BCUT2D eigenvalue weighted by Crippen LogP contribution is 2.43. The maximum atomic E-state index is 12.2. The molecule has 0 spiro atoms. The van der Waals surface area contributed by atoms with E-state index in [0.29, 0.717) is 17.9 Å². The fourth-order valence-electron chi connectivity index (χ4n) is 2.55. The summed E-state index contributed by atoms with van der Waals surface area (Å²) < 4.78 is 5.51. The van der Waals surface area contributed by atoms with Crippen LogP contribution in [0.2, 0.25) is 0 Å². The lowest BCUT2D eigenvalue weighted by atomic mass is 9.80. The zero-order valence-electron chi connectivity index (χ0n) is 11.9. The Balaban J connectivity index is 2.52. The van der Waals surface area contributed by atoms with Crippen molar-refractivity contribution in [2.24, 2.45) is 11.7 Å². The second-order valence-electron chi connectivity index (χ2n) is 5.18. The van der Waals surface area contributed by atoms with Crippen molar-refractivity contribution in [2.75, 3.05) is 6.54 Å². The number of nitrogens with two attached hydrogens (primary N) is 1. The van der Waals surface area contributed by atoms with Crippen LogP contribution in [0.4, 0.5) is 0 Å². The third kappa shape index (κ3) is 2.43. The number of aromatic hydroxyl groups is 1. The number of fused-ring (bicyclic) bond motifs is 1. The maximum absolute atomic E-state index is 12.2. The largest absolute Gasteiger partial charge is 0.508 e. The number of carbonyl (C=O) groups is 1. The topological polar surface area (TPSA) is 84.6 Å². The van der Waals surface area contributed by atoms with E-state index in [4.69, 9.17) is 10.5 Å². The van der Waals surface area contributed by atoms with Crippen LogP contribution in [0.3, 0.4) is 0 Å². The Bertz CT molecular complexity index is 564. The summed E-state index contributed by atoms with van der Waals surface area (Å²) in [7, 11) is 0. The van der Waals surface area contributed by atoms with Crippen LogP contribution < -0.4 is 15.8 Å². The van der Waals surface area contributed by atoms with Crippen LogP contribution >= 0.6 is 0 Å². The summed E-state index contributed by atoms with van der Waals surface area (Å²) in [5, 5.41) is 12.3.